The van der Waals surface area contributed by atoms with Gasteiger partial charge in [0.25, 0.3) is 0 Å². The summed E-state index contributed by atoms with van der Waals surface area (Å²) in [7, 11) is 1.85. The zero-order chi connectivity index (χ0) is 20.8. The van der Waals surface area contributed by atoms with Crippen molar-refractivity contribution in [3.05, 3.63) is 16.5 Å². The summed E-state index contributed by atoms with van der Waals surface area (Å²) in [5.74, 6) is -0.996. The van der Waals surface area contributed by atoms with Crippen LogP contribution in [0.25, 0.3) is 0 Å². The number of nitrogens with one attached hydrogen (secondary N) is 1. The van der Waals surface area contributed by atoms with E-state index < -0.39 is 5.97 Å². The number of carbonyl (C=O) groups excluding carboxylic acids is 1. The highest BCUT2D eigenvalue weighted by Crippen LogP contribution is 2.37. The van der Waals surface area contributed by atoms with Crippen LogP contribution in [0.15, 0.2) is 9.98 Å². The number of rotatable bonds is 4. The number of ether oxygens (including phenoxy) is 1. The lowest BCUT2D eigenvalue weighted by Crippen LogP contribution is -2.60. The number of hydrogen-bond donors (Lipinski definition) is 1. The van der Waals surface area contributed by atoms with Crippen molar-refractivity contribution in [3.63, 3.8) is 0 Å². The quantitative estimate of drug-likeness (QED) is 0.795. The van der Waals surface area contributed by atoms with Gasteiger partial charge in [0, 0.05) is 25.7 Å². The molecule has 4 atom stereocenters. The fourth-order valence-corrected chi connectivity index (χ4v) is 5.18. The van der Waals surface area contributed by atoms with Gasteiger partial charge in [-0.25, -0.2) is 14.5 Å². The van der Waals surface area contributed by atoms with Crippen LogP contribution in [0, 0.1) is 12.8 Å². The summed E-state index contributed by atoms with van der Waals surface area (Å²) < 4.78 is 7.88. The topological polar surface area (TPSA) is 87.4 Å². The SMILES string of the molecule is CCN(CC)C1CCC(N2C(=O)NCCOC23N=c2c(C)nn(C)c2=N3)C(C)C1. The predicted molar refractivity (Wildman–Crippen MR) is 108 cm³/mol. The second kappa shape index (κ2) is 7.68. The molecule has 1 aromatic rings. The molecule has 1 saturated heterocycles. The van der Waals surface area contributed by atoms with Gasteiger partial charge in [-0.1, -0.05) is 20.8 Å². The maximum absolute atomic E-state index is 13.2. The minimum absolute atomic E-state index is 0.0231. The molecule has 1 aliphatic carbocycles. The number of aromatic nitrogens is 2. The molecule has 1 N–H and O–H groups in total. The molecule has 0 radical (unpaired) electrons. The number of carbonyl (C=O) groups is 1. The number of fused-ring (bicyclic) bond motifs is 1. The van der Waals surface area contributed by atoms with Crippen molar-refractivity contribution in [1.29, 1.82) is 0 Å². The van der Waals surface area contributed by atoms with Crippen molar-refractivity contribution in [2.24, 2.45) is 23.0 Å². The molecule has 0 bridgehead atoms. The lowest BCUT2D eigenvalue weighted by molar-refractivity contribution is -0.140. The van der Waals surface area contributed by atoms with Crippen molar-refractivity contribution < 1.29 is 9.53 Å². The zero-order valence-electron chi connectivity index (χ0n) is 18.2. The summed E-state index contributed by atoms with van der Waals surface area (Å²) in [5, 5.41) is 8.10. The fourth-order valence-electron chi connectivity index (χ4n) is 5.18. The largest absolute Gasteiger partial charge is 0.352 e. The van der Waals surface area contributed by atoms with E-state index in [4.69, 9.17) is 14.7 Å². The van der Waals surface area contributed by atoms with Gasteiger partial charge in [0.15, 0.2) is 5.49 Å². The fraction of sp³-hybridized carbons (Fsp3) is 0.800. The van der Waals surface area contributed by atoms with Crippen LogP contribution in [-0.4, -0.2) is 69.9 Å². The van der Waals surface area contributed by atoms with Gasteiger partial charge in [0.1, 0.15) is 5.36 Å². The first kappa shape index (κ1) is 20.3. The number of hydrogen-bond acceptors (Lipinski definition) is 6. The zero-order valence-corrected chi connectivity index (χ0v) is 18.2. The Hall–Kier alpha value is -2.00. The van der Waals surface area contributed by atoms with Crippen LogP contribution in [0.1, 0.15) is 45.7 Å². The van der Waals surface area contributed by atoms with E-state index in [1.165, 1.54) is 0 Å². The third kappa shape index (κ3) is 3.34. The molecule has 29 heavy (non-hydrogen) atoms. The highest BCUT2D eigenvalue weighted by Gasteiger charge is 2.51. The summed E-state index contributed by atoms with van der Waals surface area (Å²) >= 11 is 0. The molecule has 3 aliphatic rings. The van der Waals surface area contributed by atoms with Gasteiger partial charge in [-0.15, -0.1) is 0 Å². The molecular formula is C20H33N7O2. The maximum atomic E-state index is 13.2. The summed E-state index contributed by atoms with van der Waals surface area (Å²) in [4.78, 5) is 27.1. The van der Waals surface area contributed by atoms with Crippen LogP contribution < -0.4 is 16.2 Å². The van der Waals surface area contributed by atoms with E-state index in [0.29, 0.717) is 30.6 Å². The molecule has 2 amide bonds. The maximum Gasteiger partial charge on any atom is 0.352 e. The number of urea groups is 1. The van der Waals surface area contributed by atoms with Gasteiger partial charge in [0.2, 0.25) is 0 Å². The predicted octanol–water partition coefficient (Wildman–Crippen LogP) is 0.533. The number of nitrogens with zero attached hydrogens (tertiary/aromatic N) is 6. The Morgan fingerprint density at radius 2 is 2.03 bits per heavy atom. The Bertz CT molecular complexity index is 855. The molecule has 9 heteroatoms. The van der Waals surface area contributed by atoms with Gasteiger partial charge < -0.3 is 15.0 Å². The van der Waals surface area contributed by atoms with Crippen LogP contribution >= 0.6 is 0 Å². The van der Waals surface area contributed by atoms with Crippen LogP contribution in [-0.2, 0) is 11.8 Å². The molecule has 2 fully saturated rings. The molecule has 1 saturated carbocycles. The average Bonchev–Trinajstić information content (AvgIpc) is 3.13. The molecule has 1 aromatic heterocycles. The van der Waals surface area contributed by atoms with Crippen molar-refractivity contribution in [2.75, 3.05) is 26.2 Å². The Kier molecular flexibility index (Phi) is 5.37. The standard InChI is InChI=1S/C20H33N7O2/c1-6-26(7-2)15-8-9-16(13(3)12-15)27-19(28)21-10-11-29-20(27)22-17-14(4)24-25(5)18(17)23-20/h13,15-16H,6-12H2,1-5H3,(H,21,28). The van der Waals surface area contributed by atoms with E-state index in [2.05, 4.69) is 36.1 Å². The first-order valence-electron chi connectivity index (χ1n) is 10.8. The minimum atomic E-state index is -1.32. The third-order valence-corrected chi connectivity index (χ3v) is 6.63. The average molecular weight is 404 g/mol. The molecular weight excluding hydrogens is 370 g/mol. The van der Waals surface area contributed by atoms with Gasteiger partial charge in [0.05, 0.1) is 12.3 Å². The van der Waals surface area contributed by atoms with Gasteiger partial charge in [-0.3, -0.25) is 4.90 Å². The first-order valence-corrected chi connectivity index (χ1v) is 10.8. The Balaban J connectivity index is 1.69. The molecule has 3 heterocycles. The van der Waals surface area contributed by atoms with Crippen molar-refractivity contribution in [3.8, 4) is 0 Å². The molecule has 4 rings (SSSR count). The molecule has 2 aliphatic heterocycles. The van der Waals surface area contributed by atoms with E-state index in [1.54, 1.807) is 9.58 Å². The first-order chi connectivity index (χ1) is 13.9. The number of aryl methyl sites for hydroxylation is 2. The van der Waals surface area contributed by atoms with E-state index in [1.807, 2.05) is 14.0 Å². The minimum Gasteiger partial charge on any atom is -0.335 e. The second-order valence-corrected chi connectivity index (χ2v) is 8.36. The summed E-state index contributed by atoms with van der Waals surface area (Å²) in [6, 6.07) is 0.436. The van der Waals surface area contributed by atoms with Gasteiger partial charge in [-0.2, -0.15) is 10.1 Å². The molecule has 1 spiro atoms. The Labute approximate surface area is 171 Å². The third-order valence-electron chi connectivity index (χ3n) is 6.63. The molecule has 9 nitrogen and oxygen atoms in total. The lowest BCUT2D eigenvalue weighted by Gasteiger charge is -2.46. The van der Waals surface area contributed by atoms with Gasteiger partial charge >= 0.3 is 12.0 Å². The summed E-state index contributed by atoms with van der Waals surface area (Å²) in [6.07, 6.45) is 3.03. The van der Waals surface area contributed by atoms with Crippen LogP contribution in [0.2, 0.25) is 0 Å². The van der Waals surface area contributed by atoms with E-state index in [9.17, 15) is 4.79 Å². The van der Waals surface area contributed by atoms with E-state index in [-0.39, 0.29) is 12.1 Å². The highest BCUT2D eigenvalue weighted by atomic mass is 16.5. The highest BCUT2D eigenvalue weighted by molar-refractivity contribution is 5.75. The van der Waals surface area contributed by atoms with Crippen LogP contribution in [0.4, 0.5) is 4.79 Å². The molecule has 160 valence electrons. The second-order valence-electron chi connectivity index (χ2n) is 8.36. The van der Waals surface area contributed by atoms with E-state index in [0.717, 1.165) is 43.4 Å². The van der Waals surface area contributed by atoms with Crippen LogP contribution in [0.3, 0.4) is 0 Å². The van der Waals surface area contributed by atoms with Crippen molar-refractivity contribution in [1.82, 2.24) is 24.9 Å². The smallest absolute Gasteiger partial charge is 0.335 e. The number of amides is 2. The Morgan fingerprint density at radius 1 is 1.28 bits per heavy atom. The summed E-state index contributed by atoms with van der Waals surface area (Å²) in [6.45, 7) is 11.5. The van der Waals surface area contributed by atoms with Gasteiger partial charge in [-0.05, 0) is 45.2 Å². The molecule has 0 aromatic carbocycles. The normalized spacial score (nSPS) is 32.0. The van der Waals surface area contributed by atoms with Crippen LogP contribution in [0.5, 0.6) is 0 Å². The Morgan fingerprint density at radius 3 is 2.69 bits per heavy atom. The monoisotopic (exact) mass is 403 g/mol. The van der Waals surface area contributed by atoms with Crippen molar-refractivity contribution in [2.45, 2.75) is 65.0 Å². The summed E-state index contributed by atoms with van der Waals surface area (Å²) in [5.41, 5.74) is 1.47. The van der Waals surface area contributed by atoms with E-state index >= 15 is 0 Å². The lowest BCUT2D eigenvalue weighted by atomic mass is 9.81. The van der Waals surface area contributed by atoms with Crippen molar-refractivity contribution >= 4 is 6.03 Å². The molecule has 4 unspecified atom stereocenters.